The van der Waals surface area contributed by atoms with Crippen molar-refractivity contribution >= 4 is 12.0 Å². The summed E-state index contributed by atoms with van der Waals surface area (Å²) in [5, 5.41) is 0. The lowest BCUT2D eigenvalue weighted by atomic mass is 10.2. The third kappa shape index (κ3) is 4.36. The molecule has 0 spiro atoms. The first-order valence-corrected chi connectivity index (χ1v) is 6.76. The molecule has 22 heavy (non-hydrogen) atoms. The van der Waals surface area contributed by atoms with Gasteiger partial charge in [-0.25, -0.2) is 5.84 Å². The number of nitrogens with one attached hydrogen (secondary N) is 1. The predicted octanol–water partition coefficient (Wildman–Crippen LogP) is 2.28. The molecule has 0 bridgehead atoms. The molecule has 0 heterocycles. The van der Waals surface area contributed by atoms with Gasteiger partial charge in [-0.2, -0.15) is 0 Å². The van der Waals surface area contributed by atoms with Gasteiger partial charge in [0.1, 0.15) is 6.61 Å². The van der Waals surface area contributed by atoms with Gasteiger partial charge in [0.2, 0.25) is 0 Å². The lowest BCUT2D eigenvalue weighted by Gasteiger charge is -2.11. The van der Waals surface area contributed by atoms with E-state index in [2.05, 4.69) is 0 Å². The summed E-state index contributed by atoms with van der Waals surface area (Å²) in [6.45, 7) is 0.438. The number of hydrogen-bond acceptors (Lipinski definition) is 4. The summed E-state index contributed by atoms with van der Waals surface area (Å²) >= 11 is 0. The SMILES string of the molecule is COc1ccc(/C=C/C(=O)NN)cc1OCc1ccccc1. The fraction of sp³-hybridized carbons (Fsp3) is 0.118. The van der Waals surface area contributed by atoms with Gasteiger partial charge in [-0.3, -0.25) is 10.2 Å². The number of hydrogen-bond donors (Lipinski definition) is 2. The van der Waals surface area contributed by atoms with Gasteiger partial charge in [0.25, 0.3) is 5.91 Å². The number of carbonyl (C=O) groups excluding carboxylic acids is 1. The van der Waals surface area contributed by atoms with Crippen molar-refractivity contribution in [1.82, 2.24) is 5.43 Å². The fourth-order valence-electron chi connectivity index (χ4n) is 1.87. The zero-order valence-electron chi connectivity index (χ0n) is 12.3. The smallest absolute Gasteiger partial charge is 0.257 e. The topological polar surface area (TPSA) is 73.6 Å². The second-order valence-corrected chi connectivity index (χ2v) is 4.53. The average Bonchev–Trinajstić information content (AvgIpc) is 2.58. The fourth-order valence-corrected chi connectivity index (χ4v) is 1.87. The van der Waals surface area contributed by atoms with Crippen molar-refractivity contribution in [1.29, 1.82) is 0 Å². The molecule has 0 aliphatic rings. The lowest BCUT2D eigenvalue weighted by Crippen LogP contribution is -2.27. The second kappa shape index (κ2) is 7.85. The number of rotatable bonds is 6. The summed E-state index contributed by atoms with van der Waals surface area (Å²) in [5.41, 5.74) is 3.91. The van der Waals surface area contributed by atoms with E-state index in [9.17, 15) is 4.79 Å². The molecule has 0 radical (unpaired) electrons. The minimum atomic E-state index is -0.373. The molecule has 1 amide bonds. The molecular weight excluding hydrogens is 280 g/mol. The zero-order chi connectivity index (χ0) is 15.8. The standard InChI is InChI=1S/C17H18N2O3/c1-21-15-9-7-13(8-10-17(20)19-18)11-16(15)22-12-14-5-3-2-4-6-14/h2-11H,12,18H2,1H3,(H,19,20)/b10-8+. The van der Waals surface area contributed by atoms with Crippen LogP contribution in [-0.4, -0.2) is 13.0 Å². The van der Waals surface area contributed by atoms with E-state index >= 15 is 0 Å². The Bertz CT molecular complexity index is 654. The van der Waals surface area contributed by atoms with Crippen LogP contribution in [0, 0.1) is 0 Å². The zero-order valence-corrected chi connectivity index (χ0v) is 12.3. The van der Waals surface area contributed by atoms with Crippen LogP contribution in [0.3, 0.4) is 0 Å². The molecule has 5 heteroatoms. The highest BCUT2D eigenvalue weighted by Crippen LogP contribution is 2.29. The van der Waals surface area contributed by atoms with Gasteiger partial charge in [0, 0.05) is 6.08 Å². The molecular formula is C17H18N2O3. The molecule has 0 aromatic heterocycles. The average molecular weight is 298 g/mol. The van der Waals surface area contributed by atoms with Crippen LogP contribution in [0.15, 0.2) is 54.6 Å². The van der Waals surface area contributed by atoms with Gasteiger partial charge in [0.15, 0.2) is 11.5 Å². The van der Waals surface area contributed by atoms with Crippen molar-refractivity contribution in [2.45, 2.75) is 6.61 Å². The van der Waals surface area contributed by atoms with Gasteiger partial charge in [-0.1, -0.05) is 36.4 Å². The first-order valence-electron chi connectivity index (χ1n) is 6.76. The Balaban J connectivity index is 2.14. The number of nitrogens with two attached hydrogens (primary N) is 1. The third-order valence-corrected chi connectivity index (χ3v) is 2.99. The molecule has 0 aliphatic heterocycles. The number of hydrazine groups is 1. The molecule has 0 aliphatic carbocycles. The molecule has 2 rings (SSSR count). The molecule has 3 N–H and O–H groups in total. The quantitative estimate of drug-likeness (QED) is 0.371. The highest BCUT2D eigenvalue weighted by atomic mass is 16.5. The first kappa shape index (κ1) is 15.6. The predicted molar refractivity (Wildman–Crippen MR) is 85.1 cm³/mol. The Morgan fingerprint density at radius 2 is 1.95 bits per heavy atom. The Hall–Kier alpha value is -2.79. The van der Waals surface area contributed by atoms with Crippen molar-refractivity contribution < 1.29 is 14.3 Å². The minimum absolute atomic E-state index is 0.373. The Labute approximate surface area is 129 Å². The molecule has 0 saturated carbocycles. The van der Waals surface area contributed by atoms with Crippen LogP contribution in [0.25, 0.3) is 6.08 Å². The summed E-state index contributed by atoms with van der Waals surface area (Å²) in [6, 6.07) is 15.3. The molecule has 114 valence electrons. The normalized spacial score (nSPS) is 10.5. The number of carbonyl (C=O) groups is 1. The van der Waals surface area contributed by atoms with Gasteiger partial charge in [-0.15, -0.1) is 0 Å². The third-order valence-electron chi connectivity index (χ3n) is 2.99. The number of ether oxygens (including phenoxy) is 2. The van der Waals surface area contributed by atoms with Crippen molar-refractivity contribution in [3.8, 4) is 11.5 Å². The number of benzene rings is 2. The number of methoxy groups -OCH3 is 1. The van der Waals surface area contributed by atoms with Crippen LogP contribution in [0.5, 0.6) is 11.5 Å². The molecule has 0 atom stereocenters. The summed E-state index contributed by atoms with van der Waals surface area (Å²) in [7, 11) is 1.59. The molecule has 0 unspecified atom stereocenters. The van der Waals surface area contributed by atoms with Crippen molar-refractivity contribution in [2.24, 2.45) is 5.84 Å². The van der Waals surface area contributed by atoms with Gasteiger partial charge in [-0.05, 0) is 29.3 Å². The Kier molecular flexibility index (Phi) is 5.57. The van der Waals surface area contributed by atoms with Gasteiger partial charge < -0.3 is 9.47 Å². The Morgan fingerprint density at radius 1 is 1.18 bits per heavy atom. The summed E-state index contributed by atoms with van der Waals surface area (Å²) < 4.78 is 11.1. The van der Waals surface area contributed by atoms with E-state index in [4.69, 9.17) is 15.3 Å². The maximum absolute atomic E-state index is 11.1. The van der Waals surface area contributed by atoms with Crippen molar-refractivity contribution in [3.63, 3.8) is 0 Å². The molecule has 0 fully saturated rings. The van der Waals surface area contributed by atoms with Crippen molar-refractivity contribution in [3.05, 3.63) is 65.7 Å². The largest absolute Gasteiger partial charge is 0.493 e. The first-order chi connectivity index (χ1) is 10.7. The second-order valence-electron chi connectivity index (χ2n) is 4.53. The monoisotopic (exact) mass is 298 g/mol. The van der Waals surface area contributed by atoms with Crippen LogP contribution in [-0.2, 0) is 11.4 Å². The van der Waals surface area contributed by atoms with E-state index in [0.29, 0.717) is 18.1 Å². The van der Waals surface area contributed by atoms with E-state index in [1.165, 1.54) is 6.08 Å². The summed E-state index contributed by atoms with van der Waals surface area (Å²) in [6.07, 6.45) is 3.00. The van der Waals surface area contributed by atoms with E-state index in [1.54, 1.807) is 19.3 Å². The van der Waals surface area contributed by atoms with Crippen LogP contribution in [0.4, 0.5) is 0 Å². The van der Waals surface area contributed by atoms with E-state index in [0.717, 1.165) is 11.1 Å². The van der Waals surface area contributed by atoms with Gasteiger partial charge in [0.05, 0.1) is 7.11 Å². The molecule has 5 nitrogen and oxygen atoms in total. The highest BCUT2D eigenvalue weighted by molar-refractivity contribution is 5.91. The van der Waals surface area contributed by atoms with E-state index in [-0.39, 0.29) is 5.91 Å². The maximum Gasteiger partial charge on any atom is 0.257 e. The summed E-state index contributed by atoms with van der Waals surface area (Å²) in [4.78, 5) is 11.1. The lowest BCUT2D eigenvalue weighted by molar-refractivity contribution is -0.116. The maximum atomic E-state index is 11.1. The van der Waals surface area contributed by atoms with Gasteiger partial charge >= 0.3 is 0 Å². The van der Waals surface area contributed by atoms with Crippen LogP contribution >= 0.6 is 0 Å². The Morgan fingerprint density at radius 3 is 2.64 bits per heavy atom. The highest BCUT2D eigenvalue weighted by Gasteiger charge is 2.05. The van der Waals surface area contributed by atoms with E-state index < -0.39 is 0 Å². The van der Waals surface area contributed by atoms with Crippen LogP contribution in [0.1, 0.15) is 11.1 Å². The van der Waals surface area contributed by atoms with Crippen LogP contribution in [0.2, 0.25) is 0 Å². The molecule has 2 aromatic carbocycles. The van der Waals surface area contributed by atoms with Crippen LogP contribution < -0.4 is 20.7 Å². The molecule has 0 saturated heterocycles. The van der Waals surface area contributed by atoms with Crippen molar-refractivity contribution in [2.75, 3.05) is 7.11 Å². The minimum Gasteiger partial charge on any atom is -0.493 e. The van der Waals surface area contributed by atoms with E-state index in [1.807, 2.05) is 47.9 Å². The number of amides is 1. The summed E-state index contributed by atoms with van der Waals surface area (Å²) in [5.74, 6) is 5.90. The molecule has 2 aromatic rings.